The van der Waals surface area contributed by atoms with E-state index in [-0.39, 0.29) is 22.1 Å². The molecule has 0 aliphatic carbocycles. The third-order valence-electron chi connectivity index (χ3n) is 4.05. The Morgan fingerprint density at radius 2 is 1.68 bits per heavy atom. The van der Waals surface area contributed by atoms with Crippen molar-refractivity contribution >= 4 is 51.4 Å². The van der Waals surface area contributed by atoms with Crippen LogP contribution in [-0.4, -0.2) is 11.1 Å². The van der Waals surface area contributed by atoms with Crippen molar-refractivity contribution in [3.05, 3.63) is 63.6 Å². The Balaban J connectivity index is 1.92. The first kappa shape index (κ1) is 20.1. The molecule has 3 aromatic carbocycles. The zero-order chi connectivity index (χ0) is 20.6. The van der Waals surface area contributed by atoms with Gasteiger partial charge in [-0.3, -0.25) is 0 Å². The molecule has 3 N–H and O–H groups in total. The monoisotopic (exact) mass is 428 g/mol. The molecule has 0 unspecified atom stereocenters. The molecule has 4 nitrogen and oxygen atoms in total. The highest BCUT2D eigenvalue weighted by molar-refractivity contribution is 6.36. The first-order chi connectivity index (χ1) is 13.1. The van der Waals surface area contributed by atoms with Crippen molar-refractivity contribution in [1.29, 1.82) is 0 Å². The van der Waals surface area contributed by atoms with Gasteiger partial charge in [-0.2, -0.15) is 13.2 Å². The minimum absolute atomic E-state index is 0.0230. The molecule has 0 atom stereocenters. The number of nitrogens with one attached hydrogen (secondary N) is 2. The molecule has 0 aromatic heterocycles. The van der Waals surface area contributed by atoms with E-state index in [9.17, 15) is 23.1 Å². The van der Waals surface area contributed by atoms with E-state index in [4.69, 9.17) is 23.2 Å². The van der Waals surface area contributed by atoms with Gasteiger partial charge in [0.05, 0.1) is 21.3 Å². The molecule has 0 heterocycles. The lowest BCUT2D eigenvalue weighted by atomic mass is 10.0. The molecule has 0 fully saturated rings. The van der Waals surface area contributed by atoms with Crippen LogP contribution in [0.3, 0.4) is 0 Å². The van der Waals surface area contributed by atoms with Gasteiger partial charge in [0.1, 0.15) is 5.75 Å². The van der Waals surface area contributed by atoms with Gasteiger partial charge in [0.2, 0.25) is 0 Å². The number of carbonyl (C=O) groups excluding carboxylic acids is 1. The standard InChI is InChI=1S/C19H13Cl2F3N2O2/c1-9-6-16(21)17(13-8-11(27)3-4-12(9)13)26-18(28)25-10-2-5-15(20)14(7-10)19(22,23)24/h2-8,27H,1H3,(H2,25,26,28). The van der Waals surface area contributed by atoms with Gasteiger partial charge < -0.3 is 15.7 Å². The van der Waals surface area contributed by atoms with E-state index in [1.54, 1.807) is 12.1 Å². The third-order valence-corrected chi connectivity index (χ3v) is 4.68. The van der Waals surface area contributed by atoms with E-state index < -0.39 is 22.8 Å². The molecule has 3 rings (SSSR count). The lowest BCUT2D eigenvalue weighted by molar-refractivity contribution is -0.137. The van der Waals surface area contributed by atoms with Crippen molar-refractivity contribution in [3.63, 3.8) is 0 Å². The highest BCUT2D eigenvalue weighted by atomic mass is 35.5. The van der Waals surface area contributed by atoms with E-state index in [2.05, 4.69) is 10.6 Å². The summed E-state index contributed by atoms with van der Waals surface area (Å²) in [6.07, 6.45) is -4.65. The number of amides is 2. The number of phenols is 1. The quantitative estimate of drug-likeness (QED) is 0.419. The van der Waals surface area contributed by atoms with Crippen LogP contribution in [0.4, 0.5) is 29.3 Å². The van der Waals surface area contributed by atoms with Crippen molar-refractivity contribution in [2.24, 2.45) is 0 Å². The third kappa shape index (κ3) is 4.10. The summed E-state index contributed by atoms with van der Waals surface area (Å²) in [5.41, 5.74) is -0.0977. The fourth-order valence-corrected chi connectivity index (χ4v) is 3.31. The van der Waals surface area contributed by atoms with Crippen LogP contribution >= 0.6 is 23.2 Å². The lowest BCUT2D eigenvalue weighted by Gasteiger charge is -2.15. The fourth-order valence-electron chi connectivity index (χ4n) is 2.77. The minimum Gasteiger partial charge on any atom is -0.508 e. The first-order valence-corrected chi connectivity index (χ1v) is 8.68. The maximum absolute atomic E-state index is 13.0. The second kappa shape index (κ2) is 7.41. The van der Waals surface area contributed by atoms with Gasteiger partial charge in [0.25, 0.3) is 0 Å². The Labute approximate surface area is 167 Å². The normalized spacial score (nSPS) is 11.5. The van der Waals surface area contributed by atoms with Gasteiger partial charge in [0, 0.05) is 11.1 Å². The van der Waals surface area contributed by atoms with Crippen molar-refractivity contribution in [3.8, 4) is 5.75 Å². The van der Waals surface area contributed by atoms with E-state index >= 15 is 0 Å². The summed E-state index contributed by atoms with van der Waals surface area (Å²) in [4.78, 5) is 12.3. The zero-order valence-corrected chi connectivity index (χ0v) is 15.8. The Morgan fingerprint density at radius 1 is 0.964 bits per heavy atom. The van der Waals surface area contributed by atoms with Gasteiger partial charge >= 0.3 is 12.2 Å². The molecule has 3 aromatic rings. The summed E-state index contributed by atoms with van der Waals surface area (Å²) in [7, 11) is 0. The molecular weight excluding hydrogens is 416 g/mol. The maximum Gasteiger partial charge on any atom is 0.417 e. The number of hydrogen-bond donors (Lipinski definition) is 3. The van der Waals surface area contributed by atoms with Gasteiger partial charge in [0.15, 0.2) is 0 Å². The molecule has 0 radical (unpaired) electrons. The lowest BCUT2D eigenvalue weighted by Crippen LogP contribution is -2.20. The Hall–Kier alpha value is -2.64. The predicted molar refractivity (Wildman–Crippen MR) is 104 cm³/mol. The summed E-state index contributed by atoms with van der Waals surface area (Å²) in [5, 5.41) is 15.6. The van der Waals surface area contributed by atoms with Crippen LogP contribution in [0.2, 0.25) is 10.0 Å². The molecule has 0 aliphatic rings. The van der Waals surface area contributed by atoms with E-state index in [1.807, 2.05) is 6.92 Å². The number of benzene rings is 3. The first-order valence-electron chi connectivity index (χ1n) is 7.93. The average Bonchev–Trinajstić information content (AvgIpc) is 2.59. The van der Waals surface area contributed by atoms with Crippen LogP contribution in [0, 0.1) is 6.92 Å². The number of alkyl halides is 3. The SMILES string of the molecule is Cc1cc(Cl)c(NC(=O)Nc2ccc(Cl)c(C(F)(F)F)c2)c2cc(O)ccc12. The van der Waals surface area contributed by atoms with Crippen LogP contribution in [0.25, 0.3) is 10.8 Å². The number of anilines is 2. The number of phenolic OH excluding ortho intramolecular Hbond substituents is 1. The molecule has 146 valence electrons. The van der Waals surface area contributed by atoms with Crippen LogP contribution in [-0.2, 0) is 6.18 Å². The number of rotatable bonds is 2. The van der Waals surface area contributed by atoms with Gasteiger partial charge in [-0.05, 0) is 54.3 Å². The van der Waals surface area contributed by atoms with Crippen molar-refractivity contribution < 1.29 is 23.1 Å². The van der Waals surface area contributed by atoms with Crippen molar-refractivity contribution in [2.45, 2.75) is 13.1 Å². The minimum atomic E-state index is -4.65. The smallest absolute Gasteiger partial charge is 0.417 e. The molecule has 0 bridgehead atoms. The number of aromatic hydroxyl groups is 1. The number of carbonyl (C=O) groups is 1. The highest BCUT2D eigenvalue weighted by Gasteiger charge is 2.33. The van der Waals surface area contributed by atoms with Crippen molar-refractivity contribution in [1.82, 2.24) is 0 Å². The largest absolute Gasteiger partial charge is 0.508 e. The number of hydrogen-bond acceptors (Lipinski definition) is 2. The fraction of sp³-hybridized carbons (Fsp3) is 0.105. The van der Waals surface area contributed by atoms with E-state index in [0.29, 0.717) is 5.39 Å². The second-order valence-corrected chi connectivity index (χ2v) is 6.87. The summed E-state index contributed by atoms with van der Waals surface area (Å²) < 4.78 is 38.9. The van der Waals surface area contributed by atoms with Crippen LogP contribution in [0.1, 0.15) is 11.1 Å². The Bertz CT molecular complexity index is 1080. The predicted octanol–water partition coefficient (Wildman–Crippen LogP) is 6.82. The molecule has 0 aliphatic heterocycles. The molecule has 0 spiro atoms. The summed E-state index contributed by atoms with van der Waals surface area (Å²) >= 11 is 11.8. The van der Waals surface area contributed by atoms with Crippen LogP contribution < -0.4 is 10.6 Å². The highest BCUT2D eigenvalue weighted by Crippen LogP contribution is 2.37. The molecule has 0 saturated carbocycles. The van der Waals surface area contributed by atoms with Crippen LogP contribution in [0.5, 0.6) is 5.75 Å². The summed E-state index contributed by atoms with van der Waals surface area (Å²) in [6.45, 7) is 1.82. The number of fused-ring (bicyclic) bond motifs is 1. The number of aryl methyl sites for hydroxylation is 1. The van der Waals surface area contributed by atoms with Gasteiger partial charge in [-0.15, -0.1) is 0 Å². The van der Waals surface area contributed by atoms with Gasteiger partial charge in [-0.1, -0.05) is 29.3 Å². The van der Waals surface area contributed by atoms with Crippen molar-refractivity contribution in [2.75, 3.05) is 10.6 Å². The number of halogens is 5. The molecule has 2 amide bonds. The second-order valence-electron chi connectivity index (χ2n) is 6.05. The summed E-state index contributed by atoms with van der Waals surface area (Å²) in [6, 6.07) is 8.49. The Morgan fingerprint density at radius 3 is 2.36 bits per heavy atom. The zero-order valence-electron chi connectivity index (χ0n) is 14.3. The topological polar surface area (TPSA) is 61.4 Å². The molecule has 0 saturated heterocycles. The molecule has 9 heteroatoms. The van der Waals surface area contributed by atoms with E-state index in [0.717, 1.165) is 23.1 Å². The summed E-state index contributed by atoms with van der Waals surface area (Å²) in [5.74, 6) is -0.0230. The van der Waals surface area contributed by atoms with Crippen LogP contribution in [0.15, 0.2) is 42.5 Å². The Kier molecular flexibility index (Phi) is 5.32. The maximum atomic E-state index is 13.0. The molecule has 28 heavy (non-hydrogen) atoms. The van der Waals surface area contributed by atoms with Gasteiger partial charge in [-0.25, -0.2) is 4.79 Å². The molecular formula is C19H13Cl2F3N2O2. The number of urea groups is 1. The average molecular weight is 429 g/mol. The van der Waals surface area contributed by atoms with E-state index in [1.165, 1.54) is 18.2 Å².